The maximum absolute atomic E-state index is 5.19. The van der Waals surface area contributed by atoms with Crippen molar-refractivity contribution in [3.8, 4) is 0 Å². The van der Waals surface area contributed by atoms with Gasteiger partial charge in [-0.3, -0.25) is 0 Å². The Kier molecular flexibility index (Phi) is 3.52. The molecule has 17 heavy (non-hydrogen) atoms. The molecular formula is C13H16N2OS. The van der Waals surface area contributed by atoms with Crippen LogP contribution in [0.4, 0.5) is 0 Å². The lowest BCUT2D eigenvalue weighted by atomic mass is 10.1. The van der Waals surface area contributed by atoms with E-state index in [-0.39, 0.29) is 0 Å². The molecule has 0 aliphatic carbocycles. The number of hydrogen-bond donors (Lipinski definition) is 0. The molecule has 2 heterocycles. The molecule has 90 valence electrons. The van der Waals surface area contributed by atoms with Gasteiger partial charge in [-0.2, -0.15) is 0 Å². The number of thioether (sulfide) groups is 1. The SMILES string of the molecule is Cc1cc(CSc2nc(C)cc(C)c2C)on1. The van der Waals surface area contributed by atoms with Gasteiger partial charge in [0.2, 0.25) is 0 Å². The molecule has 2 rings (SSSR count). The number of hydrogen-bond acceptors (Lipinski definition) is 4. The standard InChI is InChI=1S/C13H16N2OS/c1-8-5-9(2)14-13(11(8)4)17-7-12-6-10(3)15-16-12/h5-6H,7H2,1-4H3. The molecule has 0 aliphatic heterocycles. The third kappa shape index (κ3) is 2.88. The average molecular weight is 248 g/mol. The van der Waals surface area contributed by atoms with Gasteiger partial charge in [0.25, 0.3) is 0 Å². The summed E-state index contributed by atoms with van der Waals surface area (Å²) in [6, 6.07) is 4.07. The average Bonchev–Trinajstić information content (AvgIpc) is 2.67. The van der Waals surface area contributed by atoms with Crippen LogP contribution in [0.15, 0.2) is 21.7 Å². The largest absolute Gasteiger partial charge is 0.360 e. The summed E-state index contributed by atoms with van der Waals surface area (Å²) in [5.74, 6) is 1.67. The van der Waals surface area contributed by atoms with Gasteiger partial charge in [0, 0.05) is 11.8 Å². The van der Waals surface area contributed by atoms with Crippen molar-refractivity contribution < 1.29 is 4.52 Å². The quantitative estimate of drug-likeness (QED) is 0.778. The Morgan fingerprint density at radius 1 is 1.12 bits per heavy atom. The number of nitrogens with zero attached hydrogens (tertiary/aromatic N) is 2. The van der Waals surface area contributed by atoms with E-state index in [1.54, 1.807) is 11.8 Å². The maximum Gasteiger partial charge on any atom is 0.147 e. The minimum atomic E-state index is 0.775. The molecule has 0 aliphatic rings. The fourth-order valence-electron chi connectivity index (χ4n) is 1.63. The van der Waals surface area contributed by atoms with Gasteiger partial charge in [-0.15, -0.1) is 0 Å². The second kappa shape index (κ2) is 4.92. The van der Waals surface area contributed by atoms with E-state index >= 15 is 0 Å². The molecule has 0 spiro atoms. The predicted molar refractivity (Wildman–Crippen MR) is 69.2 cm³/mol. The van der Waals surface area contributed by atoms with Crippen LogP contribution in [0.5, 0.6) is 0 Å². The summed E-state index contributed by atoms with van der Waals surface area (Å²) in [6.07, 6.45) is 0. The zero-order valence-electron chi connectivity index (χ0n) is 10.6. The third-order valence-electron chi connectivity index (χ3n) is 2.64. The first-order valence-electron chi connectivity index (χ1n) is 5.56. The lowest BCUT2D eigenvalue weighted by molar-refractivity contribution is 0.391. The highest BCUT2D eigenvalue weighted by molar-refractivity contribution is 7.98. The number of aryl methyl sites for hydroxylation is 3. The molecule has 0 fully saturated rings. The van der Waals surface area contributed by atoms with Crippen LogP contribution in [0.3, 0.4) is 0 Å². The normalized spacial score (nSPS) is 10.8. The second-order valence-corrected chi connectivity index (χ2v) is 5.20. The molecule has 0 saturated heterocycles. The monoisotopic (exact) mass is 248 g/mol. The Balaban J connectivity index is 2.14. The van der Waals surface area contributed by atoms with Crippen molar-refractivity contribution in [3.05, 3.63) is 40.4 Å². The van der Waals surface area contributed by atoms with Crippen LogP contribution >= 0.6 is 11.8 Å². The van der Waals surface area contributed by atoms with E-state index in [1.165, 1.54) is 11.1 Å². The van der Waals surface area contributed by atoms with E-state index < -0.39 is 0 Å². The Bertz CT molecular complexity index is 534. The minimum Gasteiger partial charge on any atom is -0.360 e. The predicted octanol–water partition coefficient (Wildman–Crippen LogP) is 3.60. The van der Waals surface area contributed by atoms with E-state index in [2.05, 4.69) is 30.1 Å². The molecule has 0 aromatic carbocycles. The van der Waals surface area contributed by atoms with Gasteiger partial charge in [-0.25, -0.2) is 4.98 Å². The number of aromatic nitrogens is 2. The van der Waals surface area contributed by atoms with E-state index in [0.717, 1.165) is 27.9 Å². The second-order valence-electron chi connectivity index (χ2n) is 4.23. The van der Waals surface area contributed by atoms with Crippen LogP contribution < -0.4 is 0 Å². The van der Waals surface area contributed by atoms with Crippen molar-refractivity contribution in [2.24, 2.45) is 0 Å². The highest BCUT2D eigenvalue weighted by Crippen LogP contribution is 2.26. The van der Waals surface area contributed by atoms with Crippen molar-refractivity contribution in [2.75, 3.05) is 0 Å². The molecule has 0 N–H and O–H groups in total. The van der Waals surface area contributed by atoms with Gasteiger partial charge in [0.05, 0.1) is 16.5 Å². The topological polar surface area (TPSA) is 38.9 Å². The van der Waals surface area contributed by atoms with E-state index in [1.807, 2.05) is 19.9 Å². The Hall–Kier alpha value is -1.29. The van der Waals surface area contributed by atoms with E-state index in [9.17, 15) is 0 Å². The summed E-state index contributed by atoms with van der Waals surface area (Å²) >= 11 is 1.70. The Morgan fingerprint density at radius 2 is 1.88 bits per heavy atom. The number of pyridine rings is 1. The summed E-state index contributed by atoms with van der Waals surface area (Å²) in [5, 5.41) is 4.96. The fraction of sp³-hybridized carbons (Fsp3) is 0.385. The first-order valence-corrected chi connectivity index (χ1v) is 6.54. The first-order chi connectivity index (χ1) is 8.06. The molecule has 0 amide bonds. The molecule has 2 aromatic heterocycles. The van der Waals surface area contributed by atoms with Crippen molar-refractivity contribution >= 4 is 11.8 Å². The molecule has 4 heteroatoms. The molecular weight excluding hydrogens is 232 g/mol. The molecule has 0 unspecified atom stereocenters. The zero-order valence-corrected chi connectivity index (χ0v) is 11.4. The summed E-state index contributed by atoms with van der Waals surface area (Å²) in [7, 11) is 0. The zero-order chi connectivity index (χ0) is 12.4. The van der Waals surface area contributed by atoms with Gasteiger partial charge in [0.15, 0.2) is 0 Å². The Morgan fingerprint density at radius 3 is 2.53 bits per heavy atom. The van der Waals surface area contributed by atoms with E-state index in [0.29, 0.717) is 0 Å². The Labute approximate surface area is 106 Å². The summed E-state index contributed by atoms with van der Waals surface area (Å²) in [4.78, 5) is 4.56. The van der Waals surface area contributed by atoms with Crippen LogP contribution in [0.2, 0.25) is 0 Å². The summed E-state index contributed by atoms with van der Waals surface area (Å²) < 4.78 is 5.19. The molecule has 0 saturated carbocycles. The smallest absolute Gasteiger partial charge is 0.147 e. The summed E-state index contributed by atoms with van der Waals surface area (Å²) in [6.45, 7) is 8.18. The lowest BCUT2D eigenvalue weighted by Crippen LogP contribution is -1.93. The van der Waals surface area contributed by atoms with Crippen LogP contribution in [-0.4, -0.2) is 10.1 Å². The van der Waals surface area contributed by atoms with Gasteiger partial charge in [-0.05, 0) is 44.9 Å². The van der Waals surface area contributed by atoms with Crippen LogP contribution in [0.1, 0.15) is 28.3 Å². The van der Waals surface area contributed by atoms with Crippen LogP contribution in [0.25, 0.3) is 0 Å². The van der Waals surface area contributed by atoms with Gasteiger partial charge in [0.1, 0.15) is 5.76 Å². The van der Waals surface area contributed by atoms with Crippen molar-refractivity contribution in [1.29, 1.82) is 0 Å². The fourth-order valence-corrected chi connectivity index (χ4v) is 2.63. The minimum absolute atomic E-state index is 0.775. The third-order valence-corrected chi connectivity index (χ3v) is 3.74. The highest BCUT2D eigenvalue weighted by Gasteiger charge is 2.07. The number of rotatable bonds is 3. The van der Waals surface area contributed by atoms with Gasteiger partial charge in [-0.1, -0.05) is 16.9 Å². The van der Waals surface area contributed by atoms with Gasteiger partial charge >= 0.3 is 0 Å². The van der Waals surface area contributed by atoms with Crippen LogP contribution in [-0.2, 0) is 5.75 Å². The lowest BCUT2D eigenvalue weighted by Gasteiger charge is -2.07. The molecule has 3 nitrogen and oxygen atoms in total. The maximum atomic E-state index is 5.19. The molecule has 0 bridgehead atoms. The summed E-state index contributed by atoms with van der Waals surface area (Å²) in [5.41, 5.74) is 4.51. The molecule has 0 radical (unpaired) electrons. The van der Waals surface area contributed by atoms with Gasteiger partial charge < -0.3 is 4.52 Å². The van der Waals surface area contributed by atoms with Crippen LogP contribution in [0, 0.1) is 27.7 Å². The molecule has 0 atom stereocenters. The van der Waals surface area contributed by atoms with Crippen molar-refractivity contribution in [1.82, 2.24) is 10.1 Å². The van der Waals surface area contributed by atoms with E-state index in [4.69, 9.17) is 4.52 Å². The highest BCUT2D eigenvalue weighted by atomic mass is 32.2. The first kappa shape index (κ1) is 12.2. The van der Waals surface area contributed by atoms with Crippen molar-refractivity contribution in [2.45, 2.75) is 38.5 Å². The van der Waals surface area contributed by atoms with Crippen molar-refractivity contribution in [3.63, 3.8) is 0 Å². The molecule has 2 aromatic rings.